The second-order valence-corrected chi connectivity index (χ2v) is 9.77. The Hall–Kier alpha value is -3.79. The first-order valence-electron chi connectivity index (χ1n) is 13.3. The van der Waals surface area contributed by atoms with Gasteiger partial charge in [0.25, 0.3) is 0 Å². The molecule has 1 aromatic carbocycles. The number of allylic oxidation sites excluding steroid dienone is 1. The zero-order valence-electron chi connectivity index (χ0n) is 22.9. The highest BCUT2D eigenvalue weighted by Crippen LogP contribution is 2.37. The maximum absolute atomic E-state index is 13.6. The monoisotopic (exact) mass is 554 g/mol. The van der Waals surface area contributed by atoms with E-state index in [1.807, 2.05) is 43.3 Å². The molecule has 1 aliphatic carbocycles. The zero-order chi connectivity index (χ0) is 29.1. The first kappa shape index (κ1) is 30.7. The molecule has 0 saturated heterocycles. The number of ether oxygens (including phenoxy) is 2. The Kier molecular flexibility index (Phi) is 11.2. The summed E-state index contributed by atoms with van der Waals surface area (Å²) >= 11 is 0. The van der Waals surface area contributed by atoms with Crippen molar-refractivity contribution in [1.29, 1.82) is 0 Å². The smallest absolute Gasteiger partial charge is 0.248 e. The van der Waals surface area contributed by atoms with Crippen molar-refractivity contribution in [3.05, 3.63) is 71.3 Å². The lowest BCUT2D eigenvalue weighted by atomic mass is 9.83. The number of carbonyl (C=O) groups excluding carboxylic acids is 2. The molecule has 0 aliphatic heterocycles. The predicted molar refractivity (Wildman–Crippen MR) is 149 cm³/mol. The Balaban J connectivity index is 1.65. The number of aromatic nitrogens is 1. The number of methoxy groups -OCH3 is 1. The molecule has 1 aliphatic rings. The molecule has 1 saturated carbocycles. The minimum Gasteiger partial charge on any atom is -0.473 e. The fourth-order valence-electron chi connectivity index (χ4n) is 4.64. The Morgan fingerprint density at radius 2 is 1.82 bits per heavy atom. The Labute approximate surface area is 233 Å². The molecule has 3 rings (SSSR count). The topological polar surface area (TPSA) is 102 Å². The van der Waals surface area contributed by atoms with Crippen molar-refractivity contribution in [2.45, 2.75) is 64.1 Å². The maximum Gasteiger partial charge on any atom is 0.248 e. The largest absolute Gasteiger partial charge is 0.473 e. The van der Waals surface area contributed by atoms with Gasteiger partial charge in [0.15, 0.2) is 11.6 Å². The molecule has 1 heterocycles. The van der Waals surface area contributed by atoms with Gasteiger partial charge in [-0.3, -0.25) is 14.6 Å². The zero-order valence-corrected chi connectivity index (χ0v) is 22.9. The van der Waals surface area contributed by atoms with Crippen LogP contribution in [0.1, 0.15) is 62.7 Å². The molecule has 2 atom stereocenters. The lowest BCUT2D eigenvalue weighted by Crippen LogP contribution is -2.33. The first-order valence-corrected chi connectivity index (χ1v) is 13.3. The summed E-state index contributed by atoms with van der Waals surface area (Å²) in [6.45, 7) is 9.14. The third-order valence-electron chi connectivity index (χ3n) is 7.11. The van der Waals surface area contributed by atoms with Gasteiger partial charge >= 0.3 is 0 Å². The van der Waals surface area contributed by atoms with E-state index >= 15 is 0 Å². The van der Waals surface area contributed by atoms with Gasteiger partial charge in [0, 0.05) is 44.1 Å². The van der Waals surface area contributed by atoms with Crippen LogP contribution < -0.4 is 10.1 Å². The number of hydrogen-bond donors (Lipinski definition) is 1. The van der Waals surface area contributed by atoms with Crippen LogP contribution in [0.15, 0.2) is 70.2 Å². The van der Waals surface area contributed by atoms with Crippen molar-refractivity contribution in [1.82, 2.24) is 10.3 Å². The van der Waals surface area contributed by atoms with Gasteiger partial charge in [-0.1, -0.05) is 37.3 Å². The van der Waals surface area contributed by atoms with Gasteiger partial charge in [0.1, 0.15) is 12.3 Å². The van der Waals surface area contributed by atoms with Gasteiger partial charge in [-0.05, 0) is 56.3 Å². The van der Waals surface area contributed by atoms with Crippen LogP contribution >= 0.6 is 0 Å². The van der Waals surface area contributed by atoms with Crippen LogP contribution in [0.3, 0.4) is 0 Å². The highest BCUT2D eigenvalue weighted by Gasteiger charge is 2.38. The molecule has 8 nitrogen and oxygen atoms in total. The third-order valence-corrected chi connectivity index (χ3v) is 7.11. The number of aliphatic imine (C=N–C) groups is 2. The predicted octanol–water partition coefficient (Wildman–Crippen LogP) is 5.85. The number of amides is 1. The van der Waals surface area contributed by atoms with E-state index in [-0.39, 0.29) is 37.2 Å². The summed E-state index contributed by atoms with van der Waals surface area (Å²) in [5.74, 6) is -4.45. The van der Waals surface area contributed by atoms with Crippen molar-refractivity contribution < 1.29 is 27.8 Å². The number of pyridine rings is 1. The van der Waals surface area contributed by atoms with E-state index in [0.29, 0.717) is 25.3 Å². The molecule has 0 radical (unpaired) electrons. The van der Waals surface area contributed by atoms with E-state index in [1.54, 1.807) is 19.4 Å². The summed E-state index contributed by atoms with van der Waals surface area (Å²) < 4.78 is 38.5. The van der Waals surface area contributed by atoms with E-state index in [1.165, 1.54) is 0 Å². The maximum atomic E-state index is 13.6. The quantitative estimate of drug-likeness (QED) is 0.233. The SMILES string of the molecule is C=N/C(NC(=O)C(CC)CC(OC)c1ccc(OCc2ccccc2)nc1)=C(\N=C)C(=O)C1CCC(F)(F)CC1. The number of halogens is 2. The molecular weight excluding hydrogens is 518 g/mol. The van der Waals surface area contributed by atoms with E-state index in [4.69, 9.17) is 9.47 Å². The second-order valence-electron chi connectivity index (χ2n) is 9.77. The molecule has 1 aromatic heterocycles. The fraction of sp³-hybridized carbons (Fsp3) is 0.433. The van der Waals surface area contributed by atoms with E-state index in [0.717, 1.165) is 11.1 Å². The number of nitrogens with one attached hydrogen (secondary N) is 1. The number of alkyl halides is 2. The van der Waals surface area contributed by atoms with E-state index < -0.39 is 35.6 Å². The van der Waals surface area contributed by atoms with Gasteiger partial charge in [-0.2, -0.15) is 0 Å². The minimum absolute atomic E-state index is 0.0282. The number of Topliss-reactive ketones (excluding diaryl/α,β-unsaturated/α-hetero) is 1. The molecule has 2 aromatic rings. The summed E-state index contributed by atoms with van der Waals surface area (Å²) in [4.78, 5) is 38.2. The summed E-state index contributed by atoms with van der Waals surface area (Å²) in [7, 11) is 1.55. The highest BCUT2D eigenvalue weighted by atomic mass is 19.3. The van der Waals surface area contributed by atoms with Crippen LogP contribution in [0.4, 0.5) is 8.78 Å². The molecule has 0 bridgehead atoms. The van der Waals surface area contributed by atoms with Gasteiger partial charge in [0.05, 0.1) is 6.10 Å². The molecule has 1 N–H and O–H groups in total. The molecule has 1 amide bonds. The standard InChI is InChI=1S/C30H36F2N4O4/c1-5-21(17-24(39-4)23-11-12-25(35-18-23)40-19-20-9-7-6-8-10-20)29(38)36-28(34-3)26(33-2)27(37)22-13-15-30(31,32)16-14-22/h6-12,18,21-22,24H,2-3,5,13-17,19H2,1,4H3,(H,36,38)/b28-26+. The Morgan fingerprint density at radius 1 is 1.12 bits per heavy atom. The highest BCUT2D eigenvalue weighted by molar-refractivity contribution is 5.99. The van der Waals surface area contributed by atoms with E-state index in [9.17, 15) is 18.4 Å². The summed E-state index contributed by atoms with van der Waals surface area (Å²) in [6, 6.07) is 13.3. The van der Waals surface area contributed by atoms with Crippen LogP contribution in [0.2, 0.25) is 0 Å². The van der Waals surface area contributed by atoms with Crippen LogP contribution in [0.5, 0.6) is 5.88 Å². The summed E-state index contributed by atoms with van der Waals surface area (Å²) in [5, 5.41) is 2.64. The summed E-state index contributed by atoms with van der Waals surface area (Å²) in [6.07, 6.45) is 1.34. The number of nitrogens with zero attached hydrogens (tertiary/aromatic N) is 3. The van der Waals surface area contributed by atoms with Crippen molar-refractivity contribution in [2.75, 3.05) is 7.11 Å². The number of carbonyl (C=O) groups is 2. The normalized spacial score (nSPS) is 17.2. The van der Waals surface area contributed by atoms with Gasteiger partial charge in [-0.25, -0.2) is 18.8 Å². The van der Waals surface area contributed by atoms with Gasteiger partial charge in [-0.15, -0.1) is 0 Å². The van der Waals surface area contributed by atoms with Crippen LogP contribution in [0.25, 0.3) is 0 Å². The number of benzene rings is 1. The van der Waals surface area contributed by atoms with Gasteiger partial charge < -0.3 is 14.8 Å². The molecule has 1 fully saturated rings. The van der Waals surface area contributed by atoms with Crippen LogP contribution in [-0.2, 0) is 20.9 Å². The molecular formula is C30H36F2N4O4. The molecule has 10 heteroatoms. The molecule has 40 heavy (non-hydrogen) atoms. The fourth-order valence-corrected chi connectivity index (χ4v) is 4.64. The van der Waals surface area contributed by atoms with Crippen LogP contribution in [-0.4, -0.2) is 43.1 Å². The lowest BCUT2D eigenvalue weighted by Gasteiger charge is -2.27. The molecule has 0 spiro atoms. The number of hydrogen-bond acceptors (Lipinski definition) is 7. The summed E-state index contributed by atoms with van der Waals surface area (Å²) in [5.41, 5.74) is 1.63. The third kappa shape index (κ3) is 8.35. The van der Waals surface area contributed by atoms with Crippen molar-refractivity contribution in [2.24, 2.45) is 21.8 Å². The lowest BCUT2D eigenvalue weighted by molar-refractivity contribution is -0.125. The van der Waals surface area contributed by atoms with Crippen LogP contribution in [0, 0.1) is 11.8 Å². The number of ketones is 1. The molecule has 214 valence electrons. The van der Waals surface area contributed by atoms with Crippen molar-refractivity contribution in [3.8, 4) is 5.88 Å². The average molecular weight is 555 g/mol. The van der Waals surface area contributed by atoms with Gasteiger partial charge in [0.2, 0.25) is 17.7 Å². The number of rotatable bonds is 14. The second kappa shape index (κ2) is 14.6. The van der Waals surface area contributed by atoms with E-state index in [2.05, 4.69) is 33.7 Å². The average Bonchev–Trinajstić information content (AvgIpc) is 2.97. The molecule has 2 unspecified atom stereocenters. The minimum atomic E-state index is -2.77. The Morgan fingerprint density at radius 3 is 2.38 bits per heavy atom. The van der Waals surface area contributed by atoms with Crippen molar-refractivity contribution in [3.63, 3.8) is 0 Å². The Bertz CT molecular complexity index is 1190. The first-order chi connectivity index (χ1) is 19.2. The van der Waals surface area contributed by atoms with Crippen molar-refractivity contribution >= 4 is 25.1 Å².